The molecule has 0 unspecified atom stereocenters. The van der Waals surface area contributed by atoms with Gasteiger partial charge in [0.2, 0.25) is 0 Å². The van der Waals surface area contributed by atoms with Crippen molar-refractivity contribution in [2.45, 2.75) is 185 Å². The zero-order chi connectivity index (χ0) is 76.7. The summed E-state index contributed by atoms with van der Waals surface area (Å²) in [6.45, 7) is 20.1. The molecule has 3 aromatic heterocycles. The van der Waals surface area contributed by atoms with Crippen molar-refractivity contribution in [1.29, 1.82) is 0 Å². The van der Waals surface area contributed by atoms with Gasteiger partial charge in [0.15, 0.2) is 0 Å². The Kier molecular flexibility index (Phi) is 23.1. The second-order valence-electron chi connectivity index (χ2n) is 34.1. The number of piperidine rings is 3. The number of nitrogens with two attached hydrogens (primary N) is 1. The van der Waals surface area contributed by atoms with E-state index in [2.05, 4.69) is 224 Å². The van der Waals surface area contributed by atoms with Gasteiger partial charge in [-0.25, -0.2) is 39.5 Å². The van der Waals surface area contributed by atoms with Crippen molar-refractivity contribution in [3.05, 3.63) is 256 Å². The third kappa shape index (κ3) is 17.6. The molecule has 18 rings (SSSR count). The molecule has 5 N–H and O–H groups in total. The van der Waals surface area contributed by atoms with Gasteiger partial charge in [-0.1, -0.05) is 164 Å². The summed E-state index contributed by atoms with van der Waals surface area (Å²) < 4.78 is 12.0. The van der Waals surface area contributed by atoms with E-state index in [1.807, 2.05) is 78.6 Å². The highest BCUT2D eigenvalue weighted by atomic mass is 79.9. The van der Waals surface area contributed by atoms with Gasteiger partial charge in [0, 0.05) is 75.3 Å². The van der Waals surface area contributed by atoms with Crippen LogP contribution < -0.4 is 46.2 Å². The Bertz CT molecular complexity index is 4560. The smallest absolute Gasteiger partial charge is 0.408 e. The third-order valence-corrected chi connectivity index (χ3v) is 25.2. The van der Waals surface area contributed by atoms with Crippen molar-refractivity contribution in [3.8, 4) is 0 Å². The number of amides is 2. The first kappa shape index (κ1) is 76.8. The minimum Gasteiger partial charge on any atom is -0.444 e. The molecular formula is C91H110BrN15O4. The van der Waals surface area contributed by atoms with E-state index in [-0.39, 0.29) is 46.6 Å². The maximum absolute atomic E-state index is 12.8. The molecule has 111 heavy (non-hydrogen) atoms. The van der Waals surface area contributed by atoms with Crippen LogP contribution >= 0.6 is 15.9 Å². The van der Waals surface area contributed by atoms with Crippen molar-refractivity contribution < 1.29 is 19.1 Å². The summed E-state index contributed by atoms with van der Waals surface area (Å²) in [6, 6.07) is 59.3. The van der Waals surface area contributed by atoms with Gasteiger partial charge in [-0.05, 0) is 216 Å². The van der Waals surface area contributed by atoms with Crippen molar-refractivity contribution in [2.24, 2.45) is 22.0 Å². The van der Waals surface area contributed by atoms with Crippen LogP contribution in [-0.2, 0) is 28.7 Å². The molecule has 9 aliphatic rings. The molecule has 3 aliphatic carbocycles. The highest BCUT2D eigenvalue weighted by Crippen LogP contribution is 2.55. The van der Waals surface area contributed by atoms with Gasteiger partial charge in [0.25, 0.3) is 0 Å². The van der Waals surface area contributed by atoms with Crippen LogP contribution in [0, 0.1) is 16.2 Å². The van der Waals surface area contributed by atoms with Gasteiger partial charge >= 0.3 is 12.2 Å². The van der Waals surface area contributed by atoms with E-state index in [1.165, 1.54) is 82.3 Å². The standard InChI is InChI=1S/C32H39N5O2.C27H31N5.C22H27BrN4O2.C10H13N/c1-31(2,3)39-30(38)35-29-25-13-8-7-12-24(25)20-32(29)15-18-36(19-16-32)27-21-34-28(22-33-27)37-17-9-14-26(37)23-10-5-4-6-11-23;28-26-22-10-5-4-9-21(22)17-27(26)12-15-31(16-13-27)24-18-30-25(19-29-24)32-14-6-11-23(32)20-7-2-1-3-8-20;1-21(2,3)29-20(28)26-19-16-7-5-4-6-15(16)12-22(19)8-10-27(11-9-22)18-14-24-17(23)13-25-18;1-2-5-9(6-3-1)10-7-4-8-11-10/h4-8,10-13,21-22,26,29H,9,14-20H2,1-3H3,(H,35,38);1-5,7-10,18-19,23,26H,6,11-17,28H2;4-7,13-14,19H,8-12H2,1-3H3,(H,26,28);1-3,5-6,10-11H,4,7-8H2/t26-,29+;23-,26+;19-;10-/m0010/s1. The first-order chi connectivity index (χ1) is 53.8. The largest absolute Gasteiger partial charge is 0.444 e. The summed E-state index contributed by atoms with van der Waals surface area (Å²) in [5, 5.41) is 9.92. The SMILES string of the molecule is CC(C)(C)OC(=O)N[C@@H]1c2ccccc2CC12CCN(c1cnc(Br)cn1)CC2.CC(C)(C)OC(=O)N[C@@H]1c2ccccc2CC12CCN(c1cnc(N3CCC[C@H]3c3ccccc3)cn1)CC2.N[C@@H]1c2ccccc2CC12CCN(c1cnc(N3CCC[C@H]3c3ccccc3)cn1)CC2.c1ccc([C@@H]2CCCN2)cc1. The predicted octanol–water partition coefficient (Wildman–Crippen LogP) is 17.6. The lowest BCUT2D eigenvalue weighted by Gasteiger charge is -2.43. The highest BCUT2D eigenvalue weighted by molar-refractivity contribution is 9.10. The molecule has 6 saturated heterocycles. The van der Waals surface area contributed by atoms with E-state index in [9.17, 15) is 9.59 Å². The number of benzene rings is 6. The minimum absolute atomic E-state index is 0.000116. The lowest BCUT2D eigenvalue weighted by atomic mass is 9.72. The first-order valence-electron chi connectivity index (χ1n) is 40.5. The van der Waals surface area contributed by atoms with Crippen LogP contribution in [0.4, 0.5) is 38.7 Å². The normalized spacial score (nSPS) is 22.4. The maximum atomic E-state index is 12.8. The summed E-state index contributed by atoms with van der Waals surface area (Å²) >= 11 is 3.34. The van der Waals surface area contributed by atoms with Crippen LogP contribution in [0.15, 0.2) is 206 Å². The second kappa shape index (κ2) is 33.4. The third-order valence-electron chi connectivity index (χ3n) is 24.8. The maximum Gasteiger partial charge on any atom is 0.408 e. The number of nitrogens with zero attached hydrogens (tertiary/aromatic N) is 11. The number of alkyl carbamates (subject to hydrolysis) is 2. The molecule has 9 aromatic rings. The van der Waals surface area contributed by atoms with Crippen LogP contribution in [0.5, 0.6) is 0 Å². The zero-order valence-electron chi connectivity index (χ0n) is 65.5. The number of carbonyl (C=O) groups excluding carboxylic acids is 2. The highest BCUT2D eigenvalue weighted by Gasteiger charge is 2.51. The Labute approximate surface area is 664 Å². The van der Waals surface area contributed by atoms with Gasteiger partial charge in [0.1, 0.15) is 44.9 Å². The Hall–Kier alpha value is -9.50. The lowest BCUT2D eigenvalue weighted by molar-refractivity contribution is 0.0418. The van der Waals surface area contributed by atoms with Crippen molar-refractivity contribution in [1.82, 2.24) is 45.9 Å². The average molecular weight is 1560 g/mol. The number of fused-ring (bicyclic) bond motifs is 3. The molecule has 0 saturated carbocycles. The minimum atomic E-state index is -0.528. The number of hydrogen-bond acceptors (Lipinski definition) is 17. The lowest BCUT2D eigenvalue weighted by Crippen LogP contribution is -2.48. The van der Waals surface area contributed by atoms with Gasteiger partial charge in [-0.2, -0.15) is 0 Å². The summed E-state index contributed by atoms with van der Waals surface area (Å²) in [5.74, 6) is 4.75. The molecule has 9 heterocycles. The molecule has 580 valence electrons. The number of aromatic nitrogens is 6. The summed E-state index contributed by atoms with van der Waals surface area (Å²) in [4.78, 5) is 65.4. The molecule has 20 heteroatoms. The molecule has 6 aliphatic heterocycles. The van der Waals surface area contributed by atoms with Crippen LogP contribution in [0.2, 0.25) is 0 Å². The predicted molar refractivity (Wildman–Crippen MR) is 445 cm³/mol. The number of ether oxygens (including phenoxy) is 2. The van der Waals surface area contributed by atoms with Crippen molar-refractivity contribution in [2.75, 3.05) is 83.4 Å². The molecule has 6 fully saturated rings. The molecular weight excluding hydrogens is 1450 g/mol. The van der Waals surface area contributed by atoms with E-state index >= 15 is 0 Å². The molecule has 0 bridgehead atoms. The fourth-order valence-electron chi connectivity index (χ4n) is 19.2. The van der Waals surface area contributed by atoms with Gasteiger partial charge in [0.05, 0.1) is 61.3 Å². The van der Waals surface area contributed by atoms with Crippen LogP contribution in [0.3, 0.4) is 0 Å². The van der Waals surface area contributed by atoms with Gasteiger partial charge < -0.3 is 55.7 Å². The summed E-state index contributed by atoms with van der Waals surface area (Å²) in [7, 11) is 0. The van der Waals surface area contributed by atoms with Crippen LogP contribution in [0.1, 0.15) is 205 Å². The zero-order valence-corrected chi connectivity index (χ0v) is 67.1. The van der Waals surface area contributed by atoms with E-state index in [4.69, 9.17) is 35.1 Å². The fraction of sp³-hybridized carbons (Fsp3) is 0.451. The van der Waals surface area contributed by atoms with Gasteiger partial charge in [-0.15, -0.1) is 0 Å². The first-order valence-corrected chi connectivity index (χ1v) is 41.3. The second-order valence-corrected chi connectivity index (χ2v) is 34.9. The molecule has 6 aromatic carbocycles. The molecule has 3 spiro atoms. The molecule has 6 atom stereocenters. The summed E-state index contributed by atoms with van der Waals surface area (Å²) in [6.07, 6.45) is 27.1. The Morgan fingerprint density at radius 3 is 1.15 bits per heavy atom. The molecule has 2 amide bonds. The van der Waals surface area contributed by atoms with E-state index in [0.29, 0.717) is 18.1 Å². The fourth-order valence-corrected chi connectivity index (χ4v) is 19.4. The molecule has 0 radical (unpaired) electrons. The summed E-state index contributed by atoms with van der Waals surface area (Å²) in [5.41, 5.74) is 17.9. The number of rotatable bonds is 10. The van der Waals surface area contributed by atoms with E-state index in [0.717, 1.165) is 157 Å². The van der Waals surface area contributed by atoms with Gasteiger partial charge in [-0.3, -0.25) is 0 Å². The topological polar surface area (TPSA) is 208 Å². The monoisotopic (exact) mass is 1560 g/mol. The molecule has 19 nitrogen and oxygen atoms in total. The quantitative estimate of drug-likeness (QED) is 0.100. The number of anilines is 5. The van der Waals surface area contributed by atoms with E-state index in [1.54, 1.807) is 6.20 Å². The Morgan fingerprint density at radius 1 is 0.423 bits per heavy atom. The Morgan fingerprint density at radius 2 is 0.775 bits per heavy atom. The van der Waals surface area contributed by atoms with Crippen LogP contribution in [0.25, 0.3) is 0 Å². The number of carbonyl (C=O) groups is 2. The van der Waals surface area contributed by atoms with Crippen molar-refractivity contribution >= 4 is 57.2 Å². The van der Waals surface area contributed by atoms with Crippen LogP contribution in [-0.4, -0.2) is 112 Å². The average Bonchev–Trinajstić information content (AvgIpc) is 1.61. The number of nitrogens with one attached hydrogen (secondary N) is 3. The number of hydrogen-bond donors (Lipinski definition) is 4. The Balaban J connectivity index is 0.000000124. The number of halogens is 1. The van der Waals surface area contributed by atoms with Crippen molar-refractivity contribution in [3.63, 3.8) is 0 Å². The van der Waals surface area contributed by atoms with E-state index < -0.39 is 11.2 Å².